The molecular formula is C41H62Cl2F2. The van der Waals surface area contributed by atoms with Crippen LogP contribution in [0.15, 0.2) is 36.4 Å². The van der Waals surface area contributed by atoms with E-state index in [1.807, 2.05) is 12.1 Å². The predicted octanol–water partition coefficient (Wildman–Crippen LogP) is 14.8. The predicted molar refractivity (Wildman–Crippen MR) is 192 cm³/mol. The molecular weight excluding hydrogens is 601 g/mol. The van der Waals surface area contributed by atoms with Gasteiger partial charge in [-0.1, -0.05) is 171 Å². The van der Waals surface area contributed by atoms with Crippen LogP contribution in [0.1, 0.15) is 160 Å². The van der Waals surface area contributed by atoms with Crippen molar-refractivity contribution in [2.75, 3.05) is 0 Å². The van der Waals surface area contributed by atoms with Crippen LogP contribution in [0.5, 0.6) is 0 Å². The topological polar surface area (TPSA) is 0 Å². The van der Waals surface area contributed by atoms with Crippen LogP contribution in [0.2, 0.25) is 10.0 Å². The lowest BCUT2D eigenvalue weighted by molar-refractivity contribution is 0.248. The minimum Gasteiger partial charge on any atom is -0.207 e. The summed E-state index contributed by atoms with van der Waals surface area (Å²) in [6.45, 7) is 4.55. The Kier molecular flexibility index (Phi) is 19.1. The molecule has 0 N–H and O–H groups in total. The van der Waals surface area contributed by atoms with E-state index in [-0.39, 0.29) is 11.6 Å². The molecule has 2 aromatic rings. The molecule has 0 heterocycles. The minimum absolute atomic E-state index is 0.140. The first-order valence-electron chi connectivity index (χ1n) is 18.8. The van der Waals surface area contributed by atoms with E-state index in [1.54, 1.807) is 12.1 Å². The summed E-state index contributed by atoms with van der Waals surface area (Å²) in [6.07, 6.45) is 30.3. The third-order valence-corrected chi connectivity index (χ3v) is 11.3. The van der Waals surface area contributed by atoms with Crippen molar-refractivity contribution in [3.63, 3.8) is 0 Å². The molecule has 254 valence electrons. The van der Waals surface area contributed by atoms with Crippen molar-refractivity contribution in [2.24, 2.45) is 23.7 Å². The van der Waals surface area contributed by atoms with Crippen LogP contribution >= 0.6 is 23.2 Å². The highest BCUT2D eigenvalue weighted by Crippen LogP contribution is 2.36. The van der Waals surface area contributed by atoms with E-state index in [2.05, 4.69) is 13.8 Å². The van der Waals surface area contributed by atoms with Crippen molar-refractivity contribution in [1.29, 1.82) is 0 Å². The maximum absolute atomic E-state index is 13.8. The van der Waals surface area contributed by atoms with Gasteiger partial charge in [0.05, 0.1) is 0 Å². The van der Waals surface area contributed by atoms with E-state index in [1.165, 1.54) is 134 Å². The van der Waals surface area contributed by atoms with E-state index in [0.717, 1.165) is 60.5 Å². The molecule has 4 heteroatoms. The minimum atomic E-state index is -0.142. The summed E-state index contributed by atoms with van der Waals surface area (Å²) in [5, 5.41) is 0.982. The highest BCUT2D eigenvalue weighted by molar-refractivity contribution is 6.30. The Bertz CT molecular complexity index is 1050. The largest absolute Gasteiger partial charge is 0.207 e. The molecule has 0 saturated heterocycles. The molecule has 0 spiro atoms. The first-order valence-corrected chi connectivity index (χ1v) is 19.5. The number of unbranched alkanes of at least 4 members (excludes halogenated alkanes) is 7. The monoisotopic (exact) mass is 662 g/mol. The van der Waals surface area contributed by atoms with E-state index in [4.69, 9.17) is 23.2 Å². The highest BCUT2D eigenvalue weighted by Gasteiger charge is 2.22. The van der Waals surface area contributed by atoms with Crippen molar-refractivity contribution in [1.82, 2.24) is 0 Å². The molecule has 0 bridgehead atoms. The summed E-state index contributed by atoms with van der Waals surface area (Å²) in [7, 11) is 0. The molecule has 0 nitrogen and oxygen atoms in total. The molecule has 0 unspecified atom stereocenters. The molecule has 0 amide bonds. The van der Waals surface area contributed by atoms with Gasteiger partial charge in [-0.15, -0.1) is 0 Å². The van der Waals surface area contributed by atoms with Gasteiger partial charge in [0, 0.05) is 10.0 Å². The van der Waals surface area contributed by atoms with Gasteiger partial charge in [0.25, 0.3) is 0 Å². The van der Waals surface area contributed by atoms with Crippen LogP contribution in [-0.2, 0) is 12.8 Å². The Morgan fingerprint density at radius 2 is 0.822 bits per heavy atom. The van der Waals surface area contributed by atoms with Crippen LogP contribution in [0, 0.1) is 35.3 Å². The van der Waals surface area contributed by atoms with Gasteiger partial charge < -0.3 is 0 Å². The SMILES string of the molecule is CCCCCCC1CCC(CCc2ccc(Cl)cc2F)CC1.CCCCCCCC1CCC(CCc2ccc(Cl)cc2F)CC1. The Hall–Kier alpha value is -1.12. The Morgan fingerprint density at radius 3 is 1.18 bits per heavy atom. The van der Waals surface area contributed by atoms with Gasteiger partial charge in [-0.25, -0.2) is 8.78 Å². The van der Waals surface area contributed by atoms with Gasteiger partial charge in [-0.2, -0.15) is 0 Å². The average molecular weight is 664 g/mol. The fraction of sp³-hybridized carbons (Fsp3) is 0.707. The van der Waals surface area contributed by atoms with Gasteiger partial charge in [-0.3, -0.25) is 0 Å². The molecule has 0 aromatic heterocycles. The number of aryl methyl sites for hydroxylation is 2. The zero-order valence-corrected chi connectivity index (χ0v) is 30.1. The fourth-order valence-electron chi connectivity index (χ4n) is 7.68. The molecule has 0 radical (unpaired) electrons. The molecule has 0 aliphatic heterocycles. The standard InChI is InChI=1S/C21H32ClF.C20H30ClF/c1-2-3-4-5-6-7-17-8-10-18(11-9-17)12-13-19-14-15-20(22)16-21(19)23;1-2-3-4-5-6-16-7-9-17(10-8-16)11-12-18-13-14-19(21)15-20(18)22/h14-18H,2-13H2,1H3;13-17H,2-12H2,1H3. The lowest BCUT2D eigenvalue weighted by Gasteiger charge is -2.28. The smallest absolute Gasteiger partial charge is 0.127 e. The summed E-state index contributed by atoms with van der Waals surface area (Å²) in [4.78, 5) is 0. The van der Waals surface area contributed by atoms with E-state index in [0.29, 0.717) is 10.0 Å². The van der Waals surface area contributed by atoms with Crippen molar-refractivity contribution < 1.29 is 8.78 Å². The van der Waals surface area contributed by atoms with Gasteiger partial charge in [0.1, 0.15) is 11.6 Å². The first kappa shape index (κ1) is 38.3. The van der Waals surface area contributed by atoms with E-state index >= 15 is 0 Å². The van der Waals surface area contributed by atoms with Crippen LogP contribution in [0.25, 0.3) is 0 Å². The zero-order valence-electron chi connectivity index (χ0n) is 28.5. The van der Waals surface area contributed by atoms with Crippen molar-refractivity contribution >= 4 is 23.2 Å². The summed E-state index contributed by atoms with van der Waals surface area (Å²) < 4.78 is 27.6. The second-order valence-electron chi connectivity index (χ2n) is 14.4. The molecule has 2 aromatic carbocycles. The van der Waals surface area contributed by atoms with Crippen LogP contribution in [-0.4, -0.2) is 0 Å². The molecule has 45 heavy (non-hydrogen) atoms. The van der Waals surface area contributed by atoms with Crippen molar-refractivity contribution in [2.45, 2.75) is 162 Å². The normalized spacial score (nSPS) is 21.7. The van der Waals surface area contributed by atoms with Gasteiger partial charge in [-0.05, 0) is 84.7 Å². The number of benzene rings is 2. The summed E-state index contributed by atoms with van der Waals surface area (Å²) in [6, 6.07) is 10.2. The van der Waals surface area contributed by atoms with E-state index < -0.39 is 0 Å². The maximum atomic E-state index is 13.8. The lowest BCUT2D eigenvalue weighted by atomic mass is 9.77. The Labute approximate surface area is 285 Å². The summed E-state index contributed by atoms with van der Waals surface area (Å²) in [5.74, 6) is 3.22. The second-order valence-corrected chi connectivity index (χ2v) is 15.2. The third-order valence-electron chi connectivity index (χ3n) is 10.8. The lowest BCUT2D eigenvalue weighted by Crippen LogP contribution is -2.15. The summed E-state index contributed by atoms with van der Waals surface area (Å²) >= 11 is 11.6. The van der Waals surface area contributed by atoms with Crippen LogP contribution in [0.3, 0.4) is 0 Å². The third kappa shape index (κ3) is 15.6. The molecule has 2 fully saturated rings. The molecule has 4 rings (SSSR count). The molecule has 0 atom stereocenters. The summed E-state index contributed by atoms with van der Waals surface area (Å²) in [5.41, 5.74) is 1.65. The Balaban J connectivity index is 0.000000246. The molecule has 2 aliphatic carbocycles. The number of hydrogen-bond acceptors (Lipinski definition) is 0. The number of rotatable bonds is 17. The second kappa shape index (κ2) is 22.4. The maximum Gasteiger partial charge on any atom is 0.127 e. The highest BCUT2D eigenvalue weighted by atomic mass is 35.5. The quantitative estimate of drug-likeness (QED) is 0.148. The average Bonchev–Trinajstić information content (AvgIpc) is 3.04. The van der Waals surface area contributed by atoms with E-state index in [9.17, 15) is 8.78 Å². The first-order chi connectivity index (χ1) is 21.9. The van der Waals surface area contributed by atoms with Crippen LogP contribution in [0.4, 0.5) is 8.78 Å². The van der Waals surface area contributed by atoms with Gasteiger partial charge in [0.2, 0.25) is 0 Å². The number of halogens is 4. The number of hydrogen-bond donors (Lipinski definition) is 0. The van der Waals surface area contributed by atoms with Crippen molar-refractivity contribution in [3.8, 4) is 0 Å². The zero-order chi connectivity index (χ0) is 32.3. The van der Waals surface area contributed by atoms with Crippen molar-refractivity contribution in [3.05, 3.63) is 69.2 Å². The van der Waals surface area contributed by atoms with Crippen LogP contribution < -0.4 is 0 Å². The molecule has 2 aliphatic rings. The van der Waals surface area contributed by atoms with Gasteiger partial charge in [0.15, 0.2) is 0 Å². The Morgan fingerprint density at radius 1 is 0.489 bits per heavy atom. The fourth-order valence-corrected chi connectivity index (χ4v) is 8.00. The molecule has 2 saturated carbocycles. The van der Waals surface area contributed by atoms with Gasteiger partial charge >= 0.3 is 0 Å².